The Balaban J connectivity index is 1.35. The molecule has 3 heterocycles. The Morgan fingerprint density at radius 3 is 2.78 bits per heavy atom. The minimum Gasteiger partial charge on any atom is -0.371 e. The second-order valence-electron chi connectivity index (χ2n) is 6.26. The first-order valence-corrected chi connectivity index (χ1v) is 8.96. The highest BCUT2D eigenvalue weighted by molar-refractivity contribution is 7.15. The van der Waals surface area contributed by atoms with Crippen molar-refractivity contribution >= 4 is 22.2 Å². The molecule has 23 heavy (non-hydrogen) atoms. The van der Waals surface area contributed by atoms with Crippen LogP contribution in [0, 0.1) is 17.2 Å². The fourth-order valence-electron chi connectivity index (χ4n) is 3.60. The van der Waals surface area contributed by atoms with Crippen molar-refractivity contribution in [1.82, 2.24) is 10.2 Å². The largest absolute Gasteiger partial charge is 0.371 e. The third-order valence-electron chi connectivity index (χ3n) is 4.86. The lowest BCUT2D eigenvalue weighted by atomic mass is 9.96. The molecule has 0 aliphatic carbocycles. The molecule has 1 aromatic heterocycles. The summed E-state index contributed by atoms with van der Waals surface area (Å²) in [5.41, 5.74) is 2.92. The second-order valence-corrected chi connectivity index (χ2v) is 7.21. The summed E-state index contributed by atoms with van der Waals surface area (Å²) >= 11 is 1.40. The number of rotatable bonds is 3. The normalized spacial score (nSPS) is 18.0. The Hall–Kier alpha value is -2.13. The van der Waals surface area contributed by atoms with Crippen LogP contribution in [0.3, 0.4) is 0 Å². The first-order chi connectivity index (χ1) is 11.3. The molecule has 1 saturated heterocycles. The zero-order chi connectivity index (χ0) is 15.6. The molecule has 1 aromatic carbocycles. The number of fused-ring (bicyclic) bond motifs is 1. The molecule has 6 heteroatoms. The molecule has 0 unspecified atom stereocenters. The van der Waals surface area contributed by atoms with E-state index in [0.717, 1.165) is 37.2 Å². The standard InChI is InChI=1S/C17H19N5S/c18-11-16-19-20-17(23-16)21-8-5-13(6-9-21)12-22-10-7-14-3-1-2-4-15(14)22/h1-4,13H,5-10,12H2. The molecule has 0 saturated carbocycles. The number of benzene rings is 1. The second kappa shape index (κ2) is 6.17. The van der Waals surface area contributed by atoms with Crippen molar-refractivity contribution in [2.45, 2.75) is 19.3 Å². The van der Waals surface area contributed by atoms with Gasteiger partial charge in [-0.25, -0.2) is 0 Å². The van der Waals surface area contributed by atoms with Crippen LogP contribution in [0.5, 0.6) is 0 Å². The quantitative estimate of drug-likeness (QED) is 0.868. The van der Waals surface area contributed by atoms with Crippen LogP contribution in [0.15, 0.2) is 24.3 Å². The van der Waals surface area contributed by atoms with E-state index in [1.54, 1.807) is 0 Å². The highest BCUT2D eigenvalue weighted by Gasteiger charge is 2.26. The lowest BCUT2D eigenvalue weighted by Crippen LogP contribution is -2.38. The Labute approximate surface area is 140 Å². The van der Waals surface area contributed by atoms with Gasteiger partial charge in [-0.05, 0) is 36.8 Å². The van der Waals surface area contributed by atoms with Crippen LogP contribution in [0.4, 0.5) is 10.8 Å². The van der Waals surface area contributed by atoms with E-state index in [1.807, 2.05) is 0 Å². The lowest BCUT2D eigenvalue weighted by Gasteiger charge is -2.34. The molecule has 2 aliphatic rings. The summed E-state index contributed by atoms with van der Waals surface area (Å²) in [4.78, 5) is 4.82. The van der Waals surface area contributed by atoms with Gasteiger partial charge in [0.05, 0.1) is 0 Å². The Morgan fingerprint density at radius 2 is 2.00 bits per heavy atom. The van der Waals surface area contributed by atoms with Crippen molar-refractivity contribution < 1.29 is 0 Å². The number of hydrogen-bond acceptors (Lipinski definition) is 6. The van der Waals surface area contributed by atoms with Crippen LogP contribution >= 0.6 is 11.3 Å². The highest BCUT2D eigenvalue weighted by Crippen LogP contribution is 2.31. The molecule has 2 aliphatic heterocycles. The molecule has 0 amide bonds. The summed E-state index contributed by atoms with van der Waals surface area (Å²) in [5, 5.41) is 18.2. The third-order valence-corrected chi connectivity index (χ3v) is 5.75. The van der Waals surface area contributed by atoms with E-state index in [9.17, 15) is 0 Å². The number of nitrogens with zero attached hydrogens (tertiary/aromatic N) is 5. The third kappa shape index (κ3) is 2.89. The van der Waals surface area contributed by atoms with Gasteiger partial charge in [0.1, 0.15) is 6.07 Å². The zero-order valence-corrected chi connectivity index (χ0v) is 13.8. The maximum Gasteiger partial charge on any atom is 0.219 e. The van der Waals surface area contributed by atoms with E-state index in [1.165, 1.54) is 41.9 Å². The number of nitriles is 1. The molecule has 0 atom stereocenters. The molecule has 0 N–H and O–H groups in total. The van der Waals surface area contributed by atoms with Crippen LogP contribution < -0.4 is 9.80 Å². The van der Waals surface area contributed by atoms with Gasteiger partial charge in [0.2, 0.25) is 10.1 Å². The average Bonchev–Trinajstić information content (AvgIpc) is 3.23. The summed E-state index contributed by atoms with van der Waals surface area (Å²) in [5.74, 6) is 0.737. The van der Waals surface area contributed by atoms with Crippen molar-refractivity contribution in [3.8, 4) is 6.07 Å². The van der Waals surface area contributed by atoms with Crippen molar-refractivity contribution in [3.63, 3.8) is 0 Å². The van der Waals surface area contributed by atoms with Crippen molar-refractivity contribution in [2.24, 2.45) is 5.92 Å². The Kier molecular flexibility index (Phi) is 3.88. The minimum atomic E-state index is 0.454. The predicted octanol–water partition coefficient (Wildman–Crippen LogP) is 2.69. The van der Waals surface area contributed by atoms with Crippen LogP contribution in [-0.4, -0.2) is 36.4 Å². The number of hydrogen-bond donors (Lipinski definition) is 0. The number of aromatic nitrogens is 2. The van der Waals surface area contributed by atoms with Gasteiger partial charge in [0.15, 0.2) is 0 Å². The summed E-state index contributed by atoms with van der Waals surface area (Å²) in [6, 6.07) is 10.8. The average molecular weight is 325 g/mol. The highest BCUT2D eigenvalue weighted by atomic mass is 32.1. The minimum absolute atomic E-state index is 0.454. The van der Waals surface area contributed by atoms with Gasteiger partial charge in [-0.2, -0.15) is 5.26 Å². The van der Waals surface area contributed by atoms with Gasteiger partial charge >= 0.3 is 0 Å². The first-order valence-electron chi connectivity index (χ1n) is 8.15. The van der Waals surface area contributed by atoms with Gasteiger partial charge in [-0.15, -0.1) is 10.2 Å². The van der Waals surface area contributed by atoms with E-state index >= 15 is 0 Å². The maximum absolute atomic E-state index is 8.86. The fourth-order valence-corrected chi connectivity index (χ4v) is 4.30. The van der Waals surface area contributed by atoms with Crippen LogP contribution in [0.1, 0.15) is 23.4 Å². The number of para-hydroxylation sites is 1. The summed E-state index contributed by atoms with van der Waals surface area (Å²) in [6.45, 7) is 4.34. The molecule has 0 radical (unpaired) electrons. The van der Waals surface area contributed by atoms with Crippen molar-refractivity contribution in [1.29, 1.82) is 5.26 Å². The molecule has 118 valence electrons. The Morgan fingerprint density at radius 1 is 1.17 bits per heavy atom. The molecule has 2 aromatic rings. The first kappa shape index (κ1) is 14.5. The fraction of sp³-hybridized carbons (Fsp3) is 0.471. The van der Waals surface area contributed by atoms with Gasteiger partial charge in [0.25, 0.3) is 0 Å². The van der Waals surface area contributed by atoms with Crippen LogP contribution in [0.2, 0.25) is 0 Å². The van der Waals surface area contributed by atoms with Crippen molar-refractivity contribution in [2.75, 3.05) is 36.0 Å². The molecule has 1 fully saturated rings. The molecule has 4 rings (SSSR count). The molecule has 0 spiro atoms. The number of piperidine rings is 1. The smallest absolute Gasteiger partial charge is 0.219 e. The van der Waals surface area contributed by atoms with E-state index < -0.39 is 0 Å². The predicted molar refractivity (Wildman–Crippen MR) is 91.9 cm³/mol. The Bertz CT molecular complexity index is 727. The summed E-state index contributed by atoms with van der Waals surface area (Å²) < 4.78 is 0. The van der Waals surface area contributed by atoms with E-state index in [2.05, 4.69) is 50.3 Å². The molecule has 5 nitrogen and oxygen atoms in total. The van der Waals surface area contributed by atoms with Gasteiger partial charge in [-0.3, -0.25) is 0 Å². The van der Waals surface area contributed by atoms with Gasteiger partial charge in [-0.1, -0.05) is 29.5 Å². The van der Waals surface area contributed by atoms with E-state index in [0.29, 0.717) is 5.01 Å². The summed E-state index contributed by atoms with van der Waals surface area (Å²) in [6.07, 6.45) is 3.54. The van der Waals surface area contributed by atoms with Crippen molar-refractivity contribution in [3.05, 3.63) is 34.8 Å². The monoisotopic (exact) mass is 325 g/mol. The number of anilines is 2. The van der Waals surface area contributed by atoms with Crippen LogP contribution in [0.25, 0.3) is 0 Å². The molecular weight excluding hydrogens is 306 g/mol. The topological polar surface area (TPSA) is 56.1 Å². The molecular formula is C17H19N5S. The molecule has 0 bridgehead atoms. The van der Waals surface area contributed by atoms with Gasteiger partial charge in [0, 0.05) is 31.9 Å². The lowest BCUT2D eigenvalue weighted by molar-refractivity contribution is 0.405. The SMILES string of the molecule is N#Cc1nnc(N2CCC(CN3CCc4ccccc43)CC2)s1. The zero-order valence-electron chi connectivity index (χ0n) is 13.0. The van der Waals surface area contributed by atoms with E-state index in [4.69, 9.17) is 5.26 Å². The maximum atomic E-state index is 8.86. The van der Waals surface area contributed by atoms with E-state index in [-0.39, 0.29) is 0 Å². The van der Waals surface area contributed by atoms with Crippen LogP contribution in [-0.2, 0) is 6.42 Å². The summed E-state index contributed by atoms with van der Waals surface area (Å²) in [7, 11) is 0. The van der Waals surface area contributed by atoms with Gasteiger partial charge < -0.3 is 9.80 Å².